The summed E-state index contributed by atoms with van der Waals surface area (Å²) in [6.45, 7) is 1.64. The number of nitrogens with one attached hydrogen (secondary N) is 1. The first-order valence-electron chi connectivity index (χ1n) is 6.91. The van der Waals surface area contributed by atoms with E-state index in [1.165, 1.54) is 0 Å². The van der Waals surface area contributed by atoms with Gasteiger partial charge in [0.1, 0.15) is 4.99 Å². The molecule has 1 fully saturated rings. The minimum atomic E-state index is 0.378. The minimum absolute atomic E-state index is 0.378. The summed E-state index contributed by atoms with van der Waals surface area (Å²) in [5.41, 5.74) is 7.86. The fraction of sp³-hybridized carbons (Fsp3) is 0.312. The fourth-order valence-electron chi connectivity index (χ4n) is 2.71. The zero-order chi connectivity index (χ0) is 13.9. The van der Waals surface area contributed by atoms with Crippen molar-refractivity contribution in [2.45, 2.75) is 18.9 Å². The van der Waals surface area contributed by atoms with Crippen molar-refractivity contribution in [3.8, 4) is 0 Å². The highest BCUT2D eigenvalue weighted by Gasteiger charge is 2.15. The lowest BCUT2D eigenvalue weighted by molar-refractivity contribution is 0.0876. The van der Waals surface area contributed by atoms with Crippen LogP contribution in [0.2, 0.25) is 0 Å². The molecule has 0 spiro atoms. The van der Waals surface area contributed by atoms with E-state index in [1.54, 1.807) is 0 Å². The van der Waals surface area contributed by atoms with Crippen molar-refractivity contribution >= 4 is 33.7 Å². The molecule has 4 heteroatoms. The van der Waals surface area contributed by atoms with Crippen molar-refractivity contribution in [2.24, 2.45) is 5.73 Å². The topological polar surface area (TPSA) is 47.3 Å². The van der Waals surface area contributed by atoms with Crippen molar-refractivity contribution in [1.29, 1.82) is 0 Å². The lowest BCUT2D eigenvalue weighted by atomic mass is 10.0. The molecule has 1 atom stereocenters. The van der Waals surface area contributed by atoms with Gasteiger partial charge in [-0.1, -0.05) is 36.5 Å². The predicted molar refractivity (Wildman–Crippen MR) is 87.3 cm³/mol. The number of hydrogen-bond donors (Lipinski definition) is 2. The van der Waals surface area contributed by atoms with E-state index in [-0.39, 0.29) is 0 Å². The summed E-state index contributed by atoms with van der Waals surface area (Å²) in [4.78, 5) is 0.439. The molecule has 3 rings (SSSR count). The number of nitrogens with two attached hydrogens (primary N) is 1. The van der Waals surface area contributed by atoms with Crippen LogP contribution >= 0.6 is 12.2 Å². The van der Waals surface area contributed by atoms with Gasteiger partial charge in [-0.05, 0) is 30.4 Å². The van der Waals surface area contributed by atoms with Crippen LogP contribution in [0.1, 0.15) is 18.4 Å². The van der Waals surface area contributed by atoms with Crippen molar-refractivity contribution < 1.29 is 4.74 Å². The highest BCUT2D eigenvalue weighted by molar-refractivity contribution is 7.80. The average molecular weight is 286 g/mol. The summed E-state index contributed by atoms with van der Waals surface area (Å²) >= 11 is 5.13. The van der Waals surface area contributed by atoms with Crippen molar-refractivity contribution in [1.82, 2.24) is 0 Å². The molecule has 0 saturated carbocycles. The first-order chi connectivity index (χ1) is 9.75. The zero-order valence-electron chi connectivity index (χ0n) is 11.3. The van der Waals surface area contributed by atoms with Gasteiger partial charge in [0.25, 0.3) is 0 Å². The highest BCUT2D eigenvalue weighted by Crippen LogP contribution is 2.28. The zero-order valence-corrected chi connectivity index (χ0v) is 12.1. The SMILES string of the molecule is NC(=S)c1ccc(NC2CCCOC2)c2ccccc12. The standard InChI is InChI=1S/C16H18N2OS/c17-16(20)14-7-8-15(13-6-2-1-5-12(13)14)18-11-4-3-9-19-10-11/h1-2,5-8,11,18H,3-4,9-10H2,(H2,17,20). The molecule has 1 saturated heterocycles. The molecule has 0 radical (unpaired) electrons. The first-order valence-corrected chi connectivity index (χ1v) is 7.32. The number of ether oxygens (including phenoxy) is 1. The molecule has 1 heterocycles. The Balaban J connectivity index is 1.99. The molecular weight excluding hydrogens is 268 g/mol. The third-order valence-electron chi connectivity index (χ3n) is 3.71. The van der Waals surface area contributed by atoms with Crippen LogP contribution in [0.5, 0.6) is 0 Å². The molecule has 0 aliphatic carbocycles. The highest BCUT2D eigenvalue weighted by atomic mass is 32.1. The molecule has 104 valence electrons. The number of hydrogen-bond acceptors (Lipinski definition) is 3. The molecule has 20 heavy (non-hydrogen) atoms. The number of thiocarbonyl (C=S) groups is 1. The molecule has 0 amide bonds. The summed E-state index contributed by atoms with van der Waals surface area (Å²) in [6.07, 6.45) is 2.26. The van der Waals surface area contributed by atoms with Crippen molar-refractivity contribution in [3.63, 3.8) is 0 Å². The number of rotatable bonds is 3. The average Bonchev–Trinajstić information content (AvgIpc) is 2.48. The van der Waals surface area contributed by atoms with Gasteiger partial charge in [0.05, 0.1) is 6.61 Å². The third-order valence-corrected chi connectivity index (χ3v) is 3.93. The predicted octanol–water partition coefficient (Wildman–Crippen LogP) is 3.06. The van der Waals surface area contributed by atoms with E-state index in [9.17, 15) is 0 Å². The van der Waals surface area contributed by atoms with Crippen LogP contribution in [0.4, 0.5) is 5.69 Å². The molecule has 2 aromatic carbocycles. The van der Waals surface area contributed by atoms with Gasteiger partial charge in [-0.2, -0.15) is 0 Å². The monoisotopic (exact) mass is 286 g/mol. The smallest absolute Gasteiger partial charge is 0.104 e. The van der Waals surface area contributed by atoms with Gasteiger partial charge < -0.3 is 15.8 Å². The number of fused-ring (bicyclic) bond motifs is 1. The third kappa shape index (κ3) is 2.62. The van der Waals surface area contributed by atoms with E-state index < -0.39 is 0 Å². The Morgan fingerprint density at radius 3 is 2.70 bits per heavy atom. The van der Waals surface area contributed by atoms with Crippen LogP contribution in [0.3, 0.4) is 0 Å². The van der Waals surface area contributed by atoms with Crippen LogP contribution in [-0.2, 0) is 4.74 Å². The van der Waals surface area contributed by atoms with Gasteiger partial charge in [0, 0.05) is 29.3 Å². The summed E-state index contributed by atoms with van der Waals surface area (Å²) in [5.74, 6) is 0. The fourth-order valence-corrected chi connectivity index (χ4v) is 2.89. The Labute approximate surface area is 124 Å². The Morgan fingerprint density at radius 1 is 1.20 bits per heavy atom. The molecule has 1 aliphatic rings. The summed E-state index contributed by atoms with van der Waals surface area (Å²) in [7, 11) is 0. The first kappa shape index (κ1) is 13.3. The maximum absolute atomic E-state index is 5.81. The molecule has 0 aromatic heterocycles. The molecule has 1 unspecified atom stereocenters. The Morgan fingerprint density at radius 2 is 2.00 bits per heavy atom. The quantitative estimate of drug-likeness (QED) is 0.851. The van der Waals surface area contributed by atoms with Gasteiger partial charge in [0.2, 0.25) is 0 Å². The second-order valence-corrected chi connectivity index (χ2v) is 5.57. The summed E-state index contributed by atoms with van der Waals surface area (Å²) < 4.78 is 5.53. The second kappa shape index (κ2) is 5.77. The normalized spacial score (nSPS) is 18.9. The summed E-state index contributed by atoms with van der Waals surface area (Å²) in [5, 5.41) is 5.84. The van der Waals surface area contributed by atoms with Gasteiger partial charge in [0.15, 0.2) is 0 Å². The van der Waals surface area contributed by atoms with Gasteiger partial charge >= 0.3 is 0 Å². The molecule has 2 aromatic rings. The van der Waals surface area contributed by atoms with Crippen molar-refractivity contribution in [2.75, 3.05) is 18.5 Å². The van der Waals surface area contributed by atoms with E-state index in [1.807, 2.05) is 18.2 Å². The van der Waals surface area contributed by atoms with Crippen LogP contribution in [0.15, 0.2) is 36.4 Å². The van der Waals surface area contributed by atoms with E-state index in [2.05, 4.69) is 23.5 Å². The van der Waals surface area contributed by atoms with Gasteiger partial charge in [-0.3, -0.25) is 0 Å². The largest absolute Gasteiger partial charge is 0.389 e. The van der Waals surface area contributed by atoms with Gasteiger partial charge in [-0.15, -0.1) is 0 Å². The van der Waals surface area contributed by atoms with E-state index in [4.69, 9.17) is 22.7 Å². The minimum Gasteiger partial charge on any atom is -0.389 e. The van der Waals surface area contributed by atoms with Crippen LogP contribution in [0.25, 0.3) is 10.8 Å². The van der Waals surface area contributed by atoms with E-state index in [0.29, 0.717) is 11.0 Å². The van der Waals surface area contributed by atoms with Crippen LogP contribution < -0.4 is 11.1 Å². The van der Waals surface area contributed by atoms with Crippen molar-refractivity contribution in [3.05, 3.63) is 42.0 Å². The molecule has 3 nitrogen and oxygen atoms in total. The molecule has 1 aliphatic heterocycles. The van der Waals surface area contributed by atoms with E-state index >= 15 is 0 Å². The second-order valence-electron chi connectivity index (χ2n) is 5.13. The van der Waals surface area contributed by atoms with Crippen LogP contribution in [0, 0.1) is 0 Å². The number of anilines is 1. The van der Waals surface area contributed by atoms with E-state index in [0.717, 1.165) is 48.1 Å². The lowest BCUT2D eigenvalue weighted by Crippen LogP contribution is -2.30. The lowest BCUT2D eigenvalue weighted by Gasteiger charge is -2.25. The molecule has 3 N–H and O–H groups in total. The number of benzene rings is 2. The maximum Gasteiger partial charge on any atom is 0.104 e. The van der Waals surface area contributed by atoms with Crippen LogP contribution in [-0.4, -0.2) is 24.2 Å². The summed E-state index contributed by atoms with van der Waals surface area (Å²) in [6, 6.07) is 12.6. The molecule has 0 bridgehead atoms. The Hall–Kier alpha value is -1.65. The Kier molecular flexibility index (Phi) is 3.85. The van der Waals surface area contributed by atoms with Gasteiger partial charge in [-0.25, -0.2) is 0 Å². The molecular formula is C16H18N2OS. The maximum atomic E-state index is 5.81. The Bertz CT molecular complexity index is 635.